The number of methoxy groups -OCH3 is 1. The van der Waals surface area contributed by atoms with Crippen molar-refractivity contribution in [2.45, 2.75) is 18.5 Å². The minimum atomic E-state index is -0.102. The van der Waals surface area contributed by atoms with E-state index in [1.165, 1.54) is 0 Å². The van der Waals surface area contributed by atoms with Crippen LogP contribution in [0.1, 0.15) is 17.0 Å². The molecule has 138 valence electrons. The summed E-state index contributed by atoms with van der Waals surface area (Å²) in [5.74, 6) is 1.51. The van der Waals surface area contributed by atoms with Crippen molar-refractivity contribution in [2.75, 3.05) is 26.8 Å². The van der Waals surface area contributed by atoms with Crippen LogP contribution in [0, 0.1) is 5.92 Å². The molecule has 2 aliphatic heterocycles. The summed E-state index contributed by atoms with van der Waals surface area (Å²) in [4.78, 5) is 14.7. The molecule has 2 saturated heterocycles. The minimum absolute atomic E-state index is 0.102. The maximum atomic E-state index is 12.8. The van der Waals surface area contributed by atoms with E-state index >= 15 is 0 Å². The summed E-state index contributed by atoms with van der Waals surface area (Å²) < 4.78 is 16.5. The Bertz CT molecular complexity index is 748. The van der Waals surface area contributed by atoms with Crippen LogP contribution in [-0.4, -0.2) is 49.7 Å². The van der Waals surface area contributed by atoms with E-state index in [9.17, 15) is 4.79 Å². The van der Waals surface area contributed by atoms with Crippen LogP contribution in [0.4, 0.5) is 0 Å². The van der Waals surface area contributed by atoms with Crippen molar-refractivity contribution in [1.82, 2.24) is 15.8 Å². The molecule has 2 N–H and O–H groups in total. The van der Waals surface area contributed by atoms with Crippen LogP contribution in [0.15, 0.2) is 46.9 Å². The van der Waals surface area contributed by atoms with E-state index in [1.807, 2.05) is 35.2 Å². The molecule has 0 aliphatic carbocycles. The molecule has 2 fully saturated rings. The van der Waals surface area contributed by atoms with Gasteiger partial charge in [-0.05, 0) is 24.6 Å². The van der Waals surface area contributed by atoms with E-state index in [-0.39, 0.29) is 11.9 Å². The topological polar surface area (TPSA) is 76.0 Å². The maximum absolute atomic E-state index is 12.8. The number of nitrogens with one attached hydrogen (secondary N) is 2. The predicted octanol–water partition coefficient (Wildman–Crippen LogP) is 2.03. The third kappa shape index (κ3) is 3.46. The molecular weight excluding hydrogens is 334 g/mol. The molecule has 26 heavy (non-hydrogen) atoms. The summed E-state index contributed by atoms with van der Waals surface area (Å²) in [5.41, 5.74) is 6.59. The van der Waals surface area contributed by atoms with Gasteiger partial charge in [-0.2, -0.15) is 0 Å². The zero-order chi connectivity index (χ0) is 17.9. The van der Waals surface area contributed by atoms with Crippen molar-refractivity contribution < 1.29 is 18.7 Å². The van der Waals surface area contributed by atoms with Gasteiger partial charge in [-0.15, -0.1) is 0 Å². The van der Waals surface area contributed by atoms with Crippen molar-refractivity contribution in [3.8, 4) is 11.7 Å². The van der Waals surface area contributed by atoms with Gasteiger partial charge in [-0.1, -0.05) is 18.2 Å². The third-order valence-corrected chi connectivity index (χ3v) is 5.02. The lowest BCUT2D eigenvalue weighted by Gasteiger charge is -2.35. The standard InChI is InChI=1S/C19H23N3O4/c1-24-12-16-14-11-22(10-9-15(14)20-21-16)19(23)17-7-8-18(26-17)25-13-5-3-2-4-6-13/h2-8,14-16,20-21H,9-12H2,1H3. The van der Waals surface area contributed by atoms with Crippen LogP contribution in [0.3, 0.4) is 0 Å². The first-order chi connectivity index (χ1) is 12.7. The number of fused-ring (bicyclic) bond motifs is 1. The first-order valence-electron chi connectivity index (χ1n) is 8.86. The molecule has 2 aromatic rings. The molecule has 0 spiro atoms. The van der Waals surface area contributed by atoms with Crippen LogP contribution in [0.5, 0.6) is 11.7 Å². The average Bonchev–Trinajstić information content (AvgIpc) is 3.29. The molecule has 7 nitrogen and oxygen atoms in total. The number of hydrogen-bond acceptors (Lipinski definition) is 6. The first kappa shape index (κ1) is 17.1. The molecule has 3 heterocycles. The minimum Gasteiger partial charge on any atom is -0.426 e. The fraction of sp³-hybridized carbons (Fsp3) is 0.421. The Hall–Kier alpha value is -2.35. The molecular formula is C19H23N3O4. The van der Waals surface area contributed by atoms with E-state index in [4.69, 9.17) is 13.9 Å². The van der Waals surface area contributed by atoms with Crippen molar-refractivity contribution in [1.29, 1.82) is 0 Å². The Kier molecular flexibility index (Phi) is 4.92. The van der Waals surface area contributed by atoms with Gasteiger partial charge in [0, 0.05) is 38.2 Å². The lowest BCUT2D eigenvalue weighted by Crippen LogP contribution is -2.49. The highest BCUT2D eigenvalue weighted by molar-refractivity contribution is 5.91. The van der Waals surface area contributed by atoms with Crippen LogP contribution in [0.25, 0.3) is 0 Å². The van der Waals surface area contributed by atoms with Gasteiger partial charge in [0.2, 0.25) is 0 Å². The van der Waals surface area contributed by atoms with E-state index in [0.29, 0.717) is 49.1 Å². The Morgan fingerprint density at radius 3 is 2.88 bits per heavy atom. The summed E-state index contributed by atoms with van der Waals surface area (Å²) in [5, 5.41) is 0. The molecule has 1 amide bonds. The Balaban J connectivity index is 1.41. The van der Waals surface area contributed by atoms with E-state index in [1.54, 1.807) is 19.2 Å². The smallest absolute Gasteiger partial charge is 0.290 e. The Morgan fingerprint density at radius 1 is 1.23 bits per heavy atom. The second-order valence-electron chi connectivity index (χ2n) is 6.69. The molecule has 2 aliphatic rings. The molecule has 0 radical (unpaired) electrons. The molecule has 1 aromatic carbocycles. The number of furan rings is 1. The van der Waals surface area contributed by atoms with Crippen molar-refractivity contribution in [3.05, 3.63) is 48.2 Å². The van der Waals surface area contributed by atoms with Gasteiger partial charge in [0.25, 0.3) is 11.9 Å². The van der Waals surface area contributed by atoms with Crippen molar-refractivity contribution in [3.63, 3.8) is 0 Å². The molecule has 0 bridgehead atoms. The number of hydrazine groups is 1. The van der Waals surface area contributed by atoms with Crippen LogP contribution < -0.4 is 15.6 Å². The fourth-order valence-corrected chi connectivity index (χ4v) is 3.67. The summed E-state index contributed by atoms with van der Waals surface area (Å²) >= 11 is 0. The Morgan fingerprint density at radius 2 is 2.08 bits per heavy atom. The number of ether oxygens (including phenoxy) is 2. The van der Waals surface area contributed by atoms with Crippen LogP contribution >= 0.6 is 0 Å². The maximum Gasteiger partial charge on any atom is 0.290 e. The highest BCUT2D eigenvalue weighted by atomic mass is 16.6. The zero-order valence-corrected chi connectivity index (χ0v) is 14.7. The third-order valence-electron chi connectivity index (χ3n) is 5.02. The number of para-hydroxylation sites is 1. The second-order valence-corrected chi connectivity index (χ2v) is 6.69. The predicted molar refractivity (Wildman–Crippen MR) is 95.0 cm³/mol. The number of likely N-dealkylation sites (tertiary alicyclic amines) is 1. The Labute approximate surface area is 152 Å². The van der Waals surface area contributed by atoms with Gasteiger partial charge in [-0.25, -0.2) is 0 Å². The molecule has 4 rings (SSSR count). The number of carbonyl (C=O) groups excluding carboxylic acids is 1. The number of nitrogens with zero attached hydrogens (tertiary/aromatic N) is 1. The highest BCUT2D eigenvalue weighted by Gasteiger charge is 2.41. The monoisotopic (exact) mass is 357 g/mol. The van der Waals surface area contributed by atoms with Gasteiger partial charge in [0.05, 0.1) is 12.6 Å². The fourth-order valence-electron chi connectivity index (χ4n) is 3.67. The van der Waals surface area contributed by atoms with Gasteiger partial charge in [0.1, 0.15) is 5.75 Å². The summed E-state index contributed by atoms with van der Waals surface area (Å²) in [6.45, 7) is 1.99. The summed E-state index contributed by atoms with van der Waals surface area (Å²) in [6.07, 6.45) is 0.900. The molecule has 3 unspecified atom stereocenters. The van der Waals surface area contributed by atoms with Crippen LogP contribution in [-0.2, 0) is 4.74 Å². The van der Waals surface area contributed by atoms with Gasteiger partial charge in [0.15, 0.2) is 5.76 Å². The van der Waals surface area contributed by atoms with Gasteiger partial charge in [-0.3, -0.25) is 15.6 Å². The largest absolute Gasteiger partial charge is 0.426 e. The highest BCUT2D eigenvalue weighted by Crippen LogP contribution is 2.28. The van der Waals surface area contributed by atoms with Gasteiger partial charge >= 0.3 is 0 Å². The number of hydrogen-bond donors (Lipinski definition) is 2. The van der Waals surface area contributed by atoms with Crippen LogP contribution in [0.2, 0.25) is 0 Å². The quantitative estimate of drug-likeness (QED) is 0.853. The first-order valence-corrected chi connectivity index (χ1v) is 8.86. The van der Waals surface area contributed by atoms with E-state index in [2.05, 4.69) is 10.9 Å². The molecule has 7 heteroatoms. The molecule has 3 atom stereocenters. The van der Waals surface area contributed by atoms with E-state index in [0.717, 1.165) is 6.42 Å². The van der Waals surface area contributed by atoms with Crippen molar-refractivity contribution in [2.24, 2.45) is 5.92 Å². The number of amides is 1. The number of rotatable bonds is 5. The second kappa shape index (κ2) is 7.49. The lowest BCUT2D eigenvalue weighted by atomic mass is 9.88. The summed E-state index contributed by atoms with van der Waals surface area (Å²) in [7, 11) is 1.69. The normalized spacial score (nSPS) is 25.1. The zero-order valence-electron chi connectivity index (χ0n) is 14.7. The lowest BCUT2D eigenvalue weighted by molar-refractivity contribution is 0.0587. The summed E-state index contributed by atoms with van der Waals surface area (Å²) in [6, 6.07) is 13.3. The molecule has 0 saturated carbocycles. The average molecular weight is 357 g/mol. The van der Waals surface area contributed by atoms with Gasteiger partial charge < -0.3 is 18.8 Å². The number of benzene rings is 1. The van der Waals surface area contributed by atoms with Crippen molar-refractivity contribution >= 4 is 5.91 Å². The van der Waals surface area contributed by atoms with E-state index < -0.39 is 0 Å². The number of piperidine rings is 1. The molecule has 1 aromatic heterocycles. The SMILES string of the molecule is COCC1NNC2CCN(C(=O)c3ccc(Oc4ccccc4)o3)CC21. The number of carbonyl (C=O) groups is 1.